The summed E-state index contributed by atoms with van der Waals surface area (Å²) in [6.07, 6.45) is 2.74. The lowest BCUT2D eigenvalue weighted by molar-refractivity contribution is -0.982. The lowest BCUT2D eigenvalue weighted by Crippen LogP contribution is -3.25. The van der Waals surface area contributed by atoms with Gasteiger partial charge in [-0.15, -0.1) is 0 Å². The second-order valence-corrected chi connectivity index (χ2v) is 4.94. The standard InChI is InChI=1S/C12H27N3/c1-4-14-9-7-12(11-13,8-10-14)15(5-2)6-3/h4-11,13H2,1-3H3/p+3. The van der Waals surface area contributed by atoms with Crippen LogP contribution in [-0.4, -0.2) is 44.8 Å². The average molecular weight is 216 g/mol. The number of likely N-dealkylation sites (N-methyl/N-ethyl adjacent to an activating group) is 1. The highest BCUT2D eigenvalue weighted by molar-refractivity contribution is 4.79. The predicted molar refractivity (Wildman–Crippen MR) is 63.0 cm³/mol. The van der Waals surface area contributed by atoms with Gasteiger partial charge in [0.2, 0.25) is 0 Å². The van der Waals surface area contributed by atoms with Crippen LogP contribution in [0.2, 0.25) is 0 Å². The van der Waals surface area contributed by atoms with E-state index in [1.807, 2.05) is 0 Å². The van der Waals surface area contributed by atoms with E-state index in [2.05, 4.69) is 26.5 Å². The van der Waals surface area contributed by atoms with E-state index in [0.29, 0.717) is 5.54 Å². The van der Waals surface area contributed by atoms with Crippen molar-refractivity contribution in [1.29, 1.82) is 0 Å². The molecule has 1 heterocycles. The third-order valence-corrected chi connectivity index (χ3v) is 4.50. The molecule has 0 amide bonds. The summed E-state index contributed by atoms with van der Waals surface area (Å²) in [5.74, 6) is 0. The van der Waals surface area contributed by atoms with Crippen molar-refractivity contribution < 1.29 is 15.5 Å². The van der Waals surface area contributed by atoms with E-state index in [4.69, 9.17) is 0 Å². The number of piperidine rings is 1. The lowest BCUT2D eigenvalue weighted by Gasteiger charge is -2.41. The fraction of sp³-hybridized carbons (Fsp3) is 1.00. The van der Waals surface area contributed by atoms with Gasteiger partial charge in [0, 0.05) is 0 Å². The number of hydrogen-bond acceptors (Lipinski definition) is 0. The van der Waals surface area contributed by atoms with Crippen LogP contribution in [0.4, 0.5) is 0 Å². The van der Waals surface area contributed by atoms with Crippen LogP contribution >= 0.6 is 0 Å². The zero-order valence-corrected chi connectivity index (χ0v) is 10.9. The first-order valence-electron chi connectivity index (χ1n) is 6.70. The molecule has 1 aliphatic heterocycles. The van der Waals surface area contributed by atoms with Gasteiger partial charge >= 0.3 is 0 Å². The van der Waals surface area contributed by atoms with Gasteiger partial charge in [0.25, 0.3) is 0 Å². The largest absolute Gasteiger partial charge is 0.352 e. The van der Waals surface area contributed by atoms with Crippen LogP contribution in [-0.2, 0) is 0 Å². The number of nitrogens with one attached hydrogen (secondary N) is 2. The third kappa shape index (κ3) is 2.71. The lowest BCUT2D eigenvalue weighted by atomic mass is 9.85. The third-order valence-electron chi connectivity index (χ3n) is 4.50. The molecule has 0 atom stereocenters. The molecule has 0 aliphatic carbocycles. The number of rotatable bonds is 5. The normalized spacial score (nSPS) is 32.2. The van der Waals surface area contributed by atoms with Crippen LogP contribution in [0.15, 0.2) is 0 Å². The van der Waals surface area contributed by atoms with E-state index in [9.17, 15) is 0 Å². The highest BCUT2D eigenvalue weighted by Gasteiger charge is 2.44. The molecule has 0 aromatic carbocycles. The van der Waals surface area contributed by atoms with Gasteiger partial charge in [-0.1, -0.05) is 0 Å². The molecule has 0 unspecified atom stereocenters. The summed E-state index contributed by atoms with van der Waals surface area (Å²) in [5.41, 5.74) is 4.72. The first-order chi connectivity index (χ1) is 7.22. The Morgan fingerprint density at radius 3 is 2.00 bits per heavy atom. The Hall–Kier alpha value is -0.120. The zero-order valence-electron chi connectivity index (χ0n) is 10.9. The Labute approximate surface area is 94.6 Å². The molecule has 1 rings (SSSR count). The fourth-order valence-electron chi connectivity index (χ4n) is 3.22. The van der Waals surface area contributed by atoms with Crippen molar-refractivity contribution in [3.63, 3.8) is 0 Å². The molecule has 1 fully saturated rings. The van der Waals surface area contributed by atoms with Crippen molar-refractivity contribution in [3.05, 3.63) is 0 Å². The van der Waals surface area contributed by atoms with Crippen LogP contribution in [0.1, 0.15) is 33.6 Å². The van der Waals surface area contributed by atoms with Gasteiger partial charge in [-0.05, 0) is 20.8 Å². The Morgan fingerprint density at radius 1 is 1.13 bits per heavy atom. The molecule has 1 aliphatic rings. The van der Waals surface area contributed by atoms with Crippen LogP contribution in [0, 0.1) is 0 Å². The number of likely N-dealkylation sites (tertiary alicyclic amines) is 1. The maximum atomic E-state index is 4.22. The van der Waals surface area contributed by atoms with Crippen molar-refractivity contribution in [2.24, 2.45) is 0 Å². The van der Waals surface area contributed by atoms with Crippen LogP contribution in [0.3, 0.4) is 0 Å². The summed E-state index contributed by atoms with van der Waals surface area (Å²) in [5, 5.41) is 0. The molecule has 1 saturated heterocycles. The van der Waals surface area contributed by atoms with Crippen LogP contribution in [0.25, 0.3) is 0 Å². The molecule has 0 radical (unpaired) electrons. The van der Waals surface area contributed by atoms with Crippen LogP contribution < -0.4 is 15.5 Å². The molecule has 5 N–H and O–H groups in total. The van der Waals surface area contributed by atoms with Gasteiger partial charge < -0.3 is 15.5 Å². The summed E-state index contributed by atoms with van der Waals surface area (Å²) in [7, 11) is 0. The first kappa shape index (κ1) is 12.9. The smallest absolute Gasteiger partial charge is 0.158 e. The highest BCUT2D eigenvalue weighted by atomic mass is 15.2. The van der Waals surface area contributed by atoms with E-state index < -0.39 is 0 Å². The second kappa shape index (κ2) is 5.83. The summed E-state index contributed by atoms with van der Waals surface area (Å²) in [6, 6.07) is 0. The van der Waals surface area contributed by atoms with Crippen molar-refractivity contribution >= 4 is 0 Å². The summed E-state index contributed by atoms with van der Waals surface area (Å²) < 4.78 is 0. The average Bonchev–Trinajstić information content (AvgIpc) is 2.31. The quantitative estimate of drug-likeness (QED) is 0.458. The van der Waals surface area contributed by atoms with Gasteiger partial charge in [0.15, 0.2) is 5.54 Å². The van der Waals surface area contributed by atoms with Gasteiger partial charge in [-0.3, -0.25) is 0 Å². The summed E-state index contributed by atoms with van der Waals surface area (Å²) >= 11 is 0. The van der Waals surface area contributed by atoms with Crippen molar-refractivity contribution in [2.45, 2.75) is 39.2 Å². The Bertz CT molecular complexity index is 170. The SMILES string of the molecule is CC[NH+]1CCC(C[NH3+])([NH+](CC)CC)CC1. The molecule has 0 aromatic rings. The van der Waals surface area contributed by atoms with Crippen molar-refractivity contribution in [3.8, 4) is 0 Å². The van der Waals surface area contributed by atoms with Gasteiger partial charge in [0.1, 0.15) is 6.54 Å². The summed E-state index contributed by atoms with van der Waals surface area (Å²) in [4.78, 5) is 3.55. The second-order valence-electron chi connectivity index (χ2n) is 4.94. The minimum Gasteiger partial charge on any atom is -0.352 e. The highest BCUT2D eigenvalue weighted by Crippen LogP contribution is 2.10. The Balaban J connectivity index is 2.62. The molecule has 3 heteroatoms. The molecule has 0 aromatic heterocycles. The summed E-state index contributed by atoms with van der Waals surface area (Å²) in [6.45, 7) is 14.6. The van der Waals surface area contributed by atoms with Gasteiger partial charge in [-0.2, -0.15) is 0 Å². The zero-order chi connectivity index (χ0) is 11.3. The van der Waals surface area contributed by atoms with Gasteiger partial charge in [-0.25, -0.2) is 0 Å². The minimum atomic E-state index is 0.502. The number of hydrogen-bond donors (Lipinski definition) is 3. The van der Waals surface area contributed by atoms with Crippen molar-refractivity contribution in [1.82, 2.24) is 0 Å². The van der Waals surface area contributed by atoms with E-state index in [-0.39, 0.29) is 0 Å². The molecular weight excluding hydrogens is 186 g/mol. The molecule has 90 valence electrons. The van der Waals surface area contributed by atoms with Crippen LogP contribution in [0.5, 0.6) is 0 Å². The maximum absolute atomic E-state index is 4.22. The number of quaternary nitrogens is 3. The Morgan fingerprint density at radius 2 is 1.67 bits per heavy atom. The van der Waals surface area contributed by atoms with E-state index in [1.165, 1.54) is 45.6 Å². The molecule has 0 bridgehead atoms. The molecule has 0 spiro atoms. The van der Waals surface area contributed by atoms with E-state index in [1.54, 1.807) is 9.80 Å². The maximum Gasteiger partial charge on any atom is 0.158 e. The Kier molecular flexibility index (Phi) is 5.03. The monoisotopic (exact) mass is 216 g/mol. The molecule has 15 heavy (non-hydrogen) atoms. The minimum absolute atomic E-state index is 0.502. The van der Waals surface area contributed by atoms with Crippen molar-refractivity contribution in [2.75, 3.05) is 39.3 Å². The van der Waals surface area contributed by atoms with Gasteiger partial charge in [0.05, 0.1) is 45.6 Å². The molecule has 0 saturated carbocycles. The predicted octanol–water partition coefficient (Wildman–Crippen LogP) is -2.41. The topological polar surface area (TPSA) is 36.5 Å². The van der Waals surface area contributed by atoms with E-state index >= 15 is 0 Å². The molecular formula is C12H30N3+3. The van der Waals surface area contributed by atoms with E-state index in [0.717, 1.165) is 6.54 Å². The first-order valence-corrected chi connectivity index (χ1v) is 6.70. The fourth-order valence-corrected chi connectivity index (χ4v) is 3.22. The molecule has 3 nitrogen and oxygen atoms in total.